The Morgan fingerprint density at radius 3 is 2.92 bits per heavy atom. The second kappa shape index (κ2) is 3.26. The zero-order chi connectivity index (χ0) is 9.10. The summed E-state index contributed by atoms with van der Waals surface area (Å²) in [5.41, 5.74) is 0.801. The first-order chi connectivity index (χ1) is 6.42. The lowest BCUT2D eigenvalue weighted by Gasteiger charge is -2.02. The number of benzene rings is 1. The van der Waals surface area contributed by atoms with E-state index in [9.17, 15) is 0 Å². The van der Waals surface area contributed by atoms with Gasteiger partial charge in [-0.2, -0.15) is 0 Å². The molecule has 0 saturated heterocycles. The van der Waals surface area contributed by atoms with Crippen LogP contribution in [0, 0.1) is 6.20 Å². The Kier molecular flexibility index (Phi) is 1.96. The monoisotopic (exact) mass is 175 g/mol. The van der Waals surface area contributed by atoms with Crippen molar-refractivity contribution in [3.63, 3.8) is 0 Å². The molecule has 1 aromatic heterocycles. The van der Waals surface area contributed by atoms with Crippen molar-refractivity contribution in [2.24, 2.45) is 0 Å². The average molecular weight is 175 g/mol. The first kappa shape index (κ1) is 7.79. The number of hydrogen-bond donors (Lipinski definition) is 0. The Morgan fingerprint density at radius 2 is 2.23 bits per heavy atom. The molecule has 0 saturated carbocycles. The molecule has 1 radical (unpaired) electrons. The lowest BCUT2D eigenvalue weighted by Crippen LogP contribution is -1.85. The van der Waals surface area contributed by atoms with Crippen molar-refractivity contribution in [1.29, 1.82) is 0 Å². The van der Waals surface area contributed by atoms with Gasteiger partial charge in [0, 0.05) is 5.27 Å². The van der Waals surface area contributed by atoms with Gasteiger partial charge in [-0.25, -0.2) is 0 Å². The summed E-state index contributed by atoms with van der Waals surface area (Å²) < 4.78 is 10.00. The van der Waals surface area contributed by atoms with Crippen molar-refractivity contribution in [3.8, 4) is 17.1 Å². The number of rotatable bonds is 2. The van der Waals surface area contributed by atoms with Crippen LogP contribution >= 0.6 is 0 Å². The predicted octanol–water partition coefficient (Wildman–Crippen LogP) is 1.55. The molecule has 0 amide bonds. The van der Waals surface area contributed by atoms with Gasteiger partial charge in [-0.05, 0) is 12.1 Å². The molecular formula is C9H7N2O2. The Bertz CT molecular complexity index is 384. The molecule has 0 bridgehead atoms. The second-order valence-corrected chi connectivity index (χ2v) is 2.41. The van der Waals surface area contributed by atoms with Crippen molar-refractivity contribution in [1.82, 2.24) is 10.4 Å². The highest BCUT2D eigenvalue weighted by Crippen LogP contribution is 2.27. The van der Waals surface area contributed by atoms with Crippen LogP contribution < -0.4 is 4.74 Å². The number of methoxy groups -OCH3 is 1. The topological polar surface area (TPSA) is 48.2 Å². The molecule has 2 aromatic rings. The lowest BCUT2D eigenvalue weighted by atomic mass is 10.1. The molecule has 4 nitrogen and oxygen atoms in total. The highest BCUT2D eigenvalue weighted by Gasteiger charge is 2.08. The third kappa shape index (κ3) is 1.38. The second-order valence-electron chi connectivity index (χ2n) is 2.41. The summed E-state index contributed by atoms with van der Waals surface area (Å²) in [6, 6.07) is 7.46. The number of hydrogen-bond acceptors (Lipinski definition) is 4. The Morgan fingerprint density at radius 1 is 1.38 bits per heavy atom. The molecule has 13 heavy (non-hydrogen) atoms. The van der Waals surface area contributed by atoms with Crippen LogP contribution in [0.2, 0.25) is 0 Å². The van der Waals surface area contributed by atoms with Crippen molar-refractivity contribution in [2.45, 2.75) is 0 Å². The molecule has 0 unspecified atom stereocenters. The summed E-state index contributed by atoms with van der Waals surface area (Å²) in [6.07, 6.45) is 2.62. The van der Waals surface area contributed by atoms with Gasteiger partial charge >= 0.3 is 0 Å². The molecule has 1 heterocycles. The molecule has 0 aliphatic heterocycles. The molecule has 4 heteroatoms. The molecule has 0 spiro atoms. The maximum Gasteiger partial charge on any atom is 0.200 e. The van der Waals surface area contributed by atoms with Crippen LogP contribution in [-0.2, 0) is 0 Å². The highest BCUT2D eigenvalue weighted by molar-refractivity contribution is 5.64. The third-order valence-corrected chi connectivity index (χ3v) is 1.68. The minimum Gasteiger partial charge on any atom is -0.496 e. The van der Waals surface area contributed by atoms with E-state index in [4.69, 9.17) is 9.26 Å². The van der Waals surface area contributed by atoms with Crippen molar-refractivity contribution in [3.05, 3.63) is 30.5 Å². The quantitative estimate of drug-likeness (QED) is 0.694. The summed E-state index contributed by atoms with van der Waals surface area (Å²) >= 11 is 0. The maximum absolute atomic E-state index is 5.13. The summed E-state index contributed by atoms with van der Waals surface area (Å²) in [6.45, 7) is 0. The van der Waals surface area contributed by atoms with Gasteiger partial charge in [-0.15, -0.1) is 5.10 Å². The first-order valence-corrected chi connectivity index (χ1v) is 3.75. The minimum absolute atomic E-state index is 0.484. The molecule has 65 valence electrons. The smallest absolute Gasteiger partial charge is 0.200 e. The number of para-hydroxylation sites is 1. The van der Waals surface area contributed by atoms with E-state index in [1.807, 2.05) is 24.3 Å². The molecule has 0 atom stereocenters. The average Bonchev–Trinajstić information content (AvgIpc) is 2.70. The van der Waals surface area contributed by atoms with Crippen molar-refractivity contribution in [2.75, 3.05) is 7.11 Å². The van der Waals surface area contributed by atoms with Crippen LogP contribution in [0.1, 0.15) is 0 Å². The van der Waals surface area contributed by atoms with E-state index in [0.717, 1.165) is 11.3 Å². The molecule has 0 aliphatic rings. The van der Waals surface area contributed by atoms with Gasteiger partial charge in [0.05, 0.1) is 12.7 Å². The fraction of sp³-hybridized carbons (Fsp3) is 0.111. The van der Waals surface area contributed by atoms with Gasteiger partial charge in [0.2, 0.25) is 5.76 Å². The number of ether oxygens (including phenoxy) is 1. The molecule has 0 N–H and O–H groups in total. The van der Waals surface area contributed by atoms with E-state index in [2.05, 4.69) is 16.6 Å². The largest absolute Gasteiger partial charge is 0.496 e. The van der Waals surface area contributed by atoms with E-state index < -0.39 is 0 Å². The Hall–Kier alpha value is -1.84. The Balaban J connectivity index is 2.51. The molecule has 0 fully saturated rings. The molecule has 0 aliphatic carbocycles. The summed E-state index contributed by atoms with van der Waals surface area (Å²) in [4.78, 5) is 0. The molecule has 2 rings (SSSR count). The van der Waals surface area contributed by atoms with Gasteiger partial charge in [0.25, 0.3) is 0 Å². The van der Waals surface area contributed by atoms with E-state index in [1.165, 1.54) is 0 Å². The zero-order valence-electron chi connectivity index (χ0n) is 7.02. The number of nitrogens with zero attached hydrogens (tertiary/aromatic N) is 2. The van der Waals surface area contributed by atoms with Gasteiger partial charge in [0.15, 0.2) is 6.20 Å². The standard InChI is InChI=1S/C9H7N2O2/c1-12-8-5-3-2-4-7(8)9-6-10-11-13-9/h2-5H,1H3. The van der Waals surface area contributed by atoms with E-state index in [1.54, 1.807) is 7.11 Å². The van der Waals surface area contributed by atoms with Crippen molar-refractivity contribution >= 4 is 0 Å². The molecule has 1 aromatic carbocycles. The van der Waals surface area contributed by atoms with Crippen molar-refractivity contribution < 1.29 is 9.26 Å². The van der Waals surface area contributed by atoms with Crippen LogP contribution in [0.15, 0.2) is 28.8 Å². The highest BCUT2D eigenvalue weighted by atomic mass is 16.5. The summed E-state index contributed by atoms with van der Waals surface area (Å²) in [5.74, 6) is 1.20. The van der Waals surface area contributed by atoms with Crippen LogP contribution in [0.4, 0.5) is 0 Å². The number of aromatic nitrogens is 2. The van der Waals surface area contributed by atoms with Gasteiger partial charge in [-0.3, -0.25) is 0 Å². The maximum atomic E-state index is 5.13. The fourth-order valence-electron chi connectivity index (χ4n) is 1.09. The lowest BCUT2D eigenvalue weighted by molar-refractivity contribution is 0.393. The van der Waals surface area contributed by atoms with Crippen LogP contribution in [0.3, 0.4) is 0 Å². The first-order valence-electron chi connectivity index (χ1n) is 3.75. The van der Waals surface area contributed by atoms with E-state index in [0.29, 0.717) is 5.76 Å². The SMILES string of the molecule is COc1ccccc1-c1[c]nno1. The minimum atomic E-state index is 0.484. The normalized spacial score (nSPS) is 9.92. The summed E-state index contributed by atoms with van der Waals surface area (Å²) in [5, 5.41) is 6.81. The van der Waals surface area contributed by atoms with Crippen LogP contribution in [0.5, 0.6) is 5.75 Å². The predicted molar refractivity (Wildman–Crippen MR) is 45.1 cm³/mol. The Labute approximate surface area is 75.1 Å². The van der Waals surface area contributed by atoms with E-state index in [-0.39, 0.29) is 0 Å². The van der Waals surface area contributed by atoms with Crippen LogP contribution in [0.25, 0.3) is 11.3 Å². The van der Waals surface area contributed by atoms with E-state index >= 15 is 0 Å². The molecular weight excluding hydrogens is 168 g/mol. The van der Waals surface area contributed by atoms with Gasteiger partial charge < -0.3 is 9.26 Å². The van der Waals surface area contributed by atoms with Crippen LogP contribution in [-0.4, -0.2) is 17.5 Å². The van der Waals surface area contributed by atoms with Gasteiger partial charge in [0.1, 0.15) is 5.75 Å². The zero-order valence-corrected chi connectivity index (χ0v) is 7.02. The fourth-order valence-corrected chi connectivity index (χ4v) is 1.09. The summed E-state index contributed by atoms with van der Waals surface area (Å²) in [7, 11) is 1.60. The van der Waals surface area contributed by atoms with Gasteiger partial charge in [-0.1, -0.05) is 12.1 Å². The third-order valence-electron chi connectivity index (χ3n) is 1.68.